The monoisotopic (exact) mass is 481 g/mol. The Bertz CT molecular complexity index is 1100. The Balaban J connectivity index is 0.00000289. The SMILES string of the molecule is Cc1ccc(C(=O)N(CCCN2CCOCC2)c2nc3c(F)cc(F)cc3s2)c(C)c1.Cl. The van der Waals surface area contributed by atoms with E-state index in [9.17, 15) is 13.6 Å². The molecule has 0 bridgehead atoms. The van der Waals surface area contributed by atoms with Gasteiger partial charge in [0.2, 0.25) is 0 Å². The molecule has 0 N–H and O–H groups in total. The van der Waals surface area contributed by atoms with Gasteiger partial charge in [0.25, 0.3) is 5.91 Å². The molecule has 2 aromatic carbocycles. The smallest absolute Gasteiger partial charge is 0.260 e. The van der Waals surface area contributed by atoms with Crippen LogP contribution in [0.2, 0.25) is 0 Å². The molecule has 9 heteroatoms. The Labute approximate surface area is 196 Å². The highest BCUT2D eigenvalue weighted by molar-refractivity contribution is 7.22. The molecule has 172 valence electrons. The van der Waals surface area contributed by atoms with Crippen LogP contribution >= 0.6 is 23.7 Å². The molecule has 1 aromatic heterocycles. The van der Waals surface area contributed by atoms with Crippen molar-refractivity contribution in [2.75, 3.05) is 44.3 Å². The molecule has 32 heavy (non-hydrogen) atoms. The van der Waals surface area contributed by atoms with Gasteiger partial charge in [-0.05, 0) is 38.0 Å². The molecular weight excluding hydrogens is 456 g/mol. The first-order chi connectivity index (χ1) is 14.9. The van der Waals surface area contributed by atoms with Gasteiger partial charge in [0, 0.05) is 37.8 Å². The number of aryl methyl sites for hydroxylation is 2. The van der Waals surface area contributed by atoms with E-state index in [1.807, 2.05) is 32.0 Å². The molecule has 0 saturated carbocycles. The minimum Gasteiger partial charge on any atom is -0.379 e. The molecule has 3 aromatic rings. The van der Waals surface area contributed by atoms with Crippen LogP contribution in [-0.2, 0) is 4.74 Å². The molecule has 1 aliphatic rings. The molecule has 0 aliphatic carbocycles. The van der Waals surface area contributed by atoms with E-state index in [4.69, 9.17) is 4.74 Å². The van der Waals surface area contributed by atoms with Gasteiger partial charge >= 0.3 is 0 Å². The molecule has 2 heterocycles. The Morgan fingerprint density at radius 2 is 1.94 bits per heavy atom. The maximum atomic E-state index is 14.2. The largest absolute Gasteiger partial charge is 0.379 e. The highest BCUT2D eigenvalue weighted by Gasteiger charge is 2.24. The number of fused-ring (bicyclic) bond motifs is 1. The highest BCUT2D eigenvalue weighted by Crippen LogP contribution is 2.32. The molecule has 1 saturated heterocycles. The van der Waals surface area contributed by atoms with Crippen molar-refractivity contribution in [3.63, 3.8) is 0 Å². The van der Waals surface area contributed by atoms with Gasteiger partial charge in [-0.15, -0.1) is 12.4 Å². The van der Waals surface area contributed by atoms with Gasteiger partial charge in [0.15, 0.2) is 10.9 Å². The van der Waals surface area contributed by atoms with Crippen LogP contribution in [0.15, 0.2) is 30.3 Å². The number of hydrogen-bond acceptors (Lipinski definition) is 5. The van der Waals surface area contributed by atoms with E-state index >= 15 is 0 Å². The van der Waals surface area contributed by atoms with Crippen molar-refractivity contribution >= 4 is 45.0 Å². The number of thiazole rings is 1. The van der Waals surface area contributed by atoms with Gasteiger partial charge in [0.1, 0.15) is 11.3 Å². The second-order valence-corrected chi connectivity index (χ2v) is 8.82. The Morgan fingerprint density at radius 1 is 1.19 bits per heavy atom. The van der Waals surface area contributed by atoms with Crippen LogP contribution in [-0.4, -0.2) is 55.2 Å². The standard InChI is InChI=1S/C23H25F2N3O2S.ClH/c1-15-4-5-18(16(2)12-15)22(29)28(7-3-6-27-8-10-30-11-9-27)23-26-21-19(25)13-17(24)14-20(21)31-23;/h4-5,12-14H,3,6-11H2,1-2H3;1H. The predicted molar refractivity (Wildman–Crippen MR) is 126 cm³/mol. The summed E-state index contributed by atoms with van der Waals surface area (Å²) in [7, 11) is 0. The number of nitrogens with zero attached hydrogens (tertiary/aromatic N) is 3. The zero-order valence-electron chi connectivity index (χ0n) is 18.1. The molecule has 1 aliphatic heterocycles. The van der Waals surface area contributed by atoms with Crippen LogP contribution < -0.4 is 4.90 Å². The Hall–Kier alpha value is -2.13. The second-order valence-electron chi connectivity index (χ2n) is 7.81. The lowest BCUT2D eigenvalue weighted by molar-refractivity contribution is 0.0376. The topological polar surface area (TPSA) is 45.7 Å². The molecule has 1 fully saturated rings. The van der Waals surface area contributed by atoms with Crippen LogP contribution in [0.3, 0.4) is 0 Å². The number of hydrogen-bond donors (Lipinski definition) is 0. The number of halogens is 3. The molecule has 0 radical (unpaired) electrons. The number of aromatic nitrogens is 1. The van der Waals surface area contributed by atoms with Crippen molar-refractivity contribution in [3.8, 4) is 0 Å². The van der Waals surface area contributed by atoms with Gasteiger partial charge in [-0.3, -0.25) is 14.6 Å². The van der Waals surface area contributed by atoms with E-state index in [1.165, 1.54) is 6.07 Å². The van der Waals surface area contributed by atoms with Gasteiger partial charge in [-0.25, -0.2) is 13.8 Å². The summed E-state index contributed by atoms with van der Waals surface area (Å²) < 4.78 is 33.7. The van der Waals surface area contributed by atoms with E-state index in [0.717, 1.165) is 54.6 Å². The van der Waals surface area contributed by atoms with Crippen molar-refractivity contribution in [2.24, 2.45) is 0 Å². The number of rotatable bonds is 6. The fourth-order valence-electron chi connectivity index (χ4n) is 3.82. The zero-order chi connectivity index (χ0) is 22.0. The molecule has 0 unspecified atom stereocenters. The first-order valence-corrected chi connectivity index (χ1v) is 11.2. The number of anilines is 1. The average Bonchev–Trinajstić information content (AvgIpc) is 3.15. The summed E-state index contributed by atoms with van der Waals surface area (Å²) >= 11 is 1.13. The number of morpholine rings is 1. The minimum atomic E-state index is -0.718. The number of ether oxygens (including phenoxy) is 1. The summed E-state index contributed by atoms with van der Waals surface area (Å²) in [4.78, 5) is 21.7. The number of carbonyl (C=O) groups is 1. The number of carbonyl (C=O) groups excluding carboxylic acids is 1. The zero-order valence-corrected chi connectivity index (χ0v) is 19.7. The average molecular weight is 482 g/mol. The number of benzene rings is 2. The molecular formula is C23H26ClF2N3O2S. The molecule has 0 spiro atoms. The summed E-state index contributed by atoms with van der Waals surface area (Å²) in [6, 6.07) is 7.76. The highest BCUT2D eigenvalue weighted by atomic mass is 35.5. The Morgan fingerprint density at radius 3 is 2.66 bits per heavy atom. The van der Waals surface area contributed by atoms with Crippen molar-refractivity contribution in [1.29, 1.82) is 0 Å². The summed E-state index contributed by atoms with van der Waals surface area (Å²) in [5.74, 6) is -1.55. The summed E-state index contributed by atoms with van der Waals surface area (Å²) in [5, 5.41) is 0.381. The second kappa shape index (κ2) is 10.7. The van der Waals surface area contributed by atoms with Gasteiger partial charge in [-0.2, -0.15) is 0 Å². The Kier molecular flexibility index (Phi) is 8.16. The summed E-state index contributed by atoms with van der Waals surface area (Å²) in [6.07, 6.45) is 0.740. The van der Waals surface area contributed by atoms with Crippen LogP contribution in [0.1, 0.15) is 27.9 Å². The van der Waals surface area contributed by atoms with Crippen molar-refractivity contribution < 1.29 is 18.3 Å². The van der Waals surface area contributed by atoms with Crippen molar-refractivity contribution in [1.82, 2.24) is 9.88 Å². The van der Waals surface area contributed by atoms with Gasteiger partial charge < -0.3 is 4.74 Å². The molecule has 1 amide bonds. The fourth-order valence-corrected chi connectivity index (χ4v) is 4.85. The van der Waals surface area contributed by atoms with Crippen LogP contribution in [0.4, 0.5) is 13.9 Å². The lowest BCUT2D eigenvalue weighted by atomic mass is 10.0. The quantitative estimate of drug-likeness (QED) is 0.498. The van der Waals surface area contributed by atoms with E-state index < -0.39 is 11.6 Å². The first-order valence-electron chi connectivity index (χ1n) is 10.4. The van der Waals surface area contributed by atoms with Crippen LogP contribution in [0.25, 0.3) is 10.2 Å². The third kappa shape index (κ3) is 5.43. The van der Waals surface area contributed by atoms with E-state index in [2.05, 4.69) is 9.88 Å². The fraction of sp³-hybridized carbons (Fsp3) is 0.391. The van der Waals surface area contributed by atoms with E-state index in [1.54, 1.807) is 4.90 Å². The minimum absolute atomic E-state index is 0. The third-order valence-corrected chi connectivity index (χ3v) is 6.48. The molecule has 4 rings (SSSR count). The summed E-state index contributed by atoms with van der Waals surface area (Å²) in [6.45, 7) is 8.32. The predicted octanol–water partition coefficient (Wildman–Crippen LogP) is 4.98. The third-order valence-electron chi connectivity index (χ3n) is 5.45. The number of amides is 1. The lowest BCUT2D eigenvalue weighted by Gasteiger charge is -2.28. The van der Waals surface area contributed by atoms with Crippen molar-refractivity contribution in [3.05, 3.63) is 58.7 Å². The maximum Gasteiger partial charge on any atom is 0.260 e. The van der Waals surface area contributed by atoms with E-state index in [-0.39, 0.29) is 23.8 Å². The van der Waals surface area contributed by atoms with Gasteiger partial charge in [-0.1, -0.05) is 29.0 Å². The molecule has 5 nitrogen and oxygen atoms in total. The lowest BCUT2D eigenvalue weighted by Crippen LogP contribution is -2.39. The van der Waals surface area contributed by atoms with Crippen LogP contribution in [0, 0.1) is 25.5 Å². The normalized spacial score (nSPS) is 14.4. The summed E-state index contributed by atoms with van der Waals surface area (Å²) in [5.41, 5.74) is 2.63. The maximum absolute atomic E-state index is 14.2. The van der Waals surface area contributed by atoms with Gasteiger partial charge in [0.05, 0.1) is 17.9 Å². The van der Waals surface area contributed by atoms with E-state index in [0.29, 0.717) is 35.2 Å². The first kappa shape index (κ1) is 24.5. The van der Waals surface area contributed by atoms with Crippen molar-refractivity contribution in [2.45, 2.75) is 20.3 Å². The molecule has 0 atom stereocenters. The van der Waals surface area contributed by atoms with Crippen LogP contribution in [0.5, 0.6) is 0 Å².